The smallest absolute Gasteiger partial charge is 0.252 e. The van der Waals surface area contributed by atoms with Gasteiger partial charge in [0.15, 0.2) is 0 Å². The third-order valence-electron chi connectivity index (χ3n) is 1.23. The Labute approximate surface area is 77.4 Å². The van der Waals surface area contributed by atoms with Crippen LogP contribution in [0.4, 0.5) is 0 Å². The fourth-order valence-electron chi connectivity index (χ4n) is 0.713. The first kappa shape index (κ1) is 8.32. The molecule has 1 aromatic carbocycles. The minimum atomic E-state index is -0.612. The summed E-state index contributed by atoms with van der Waals surface area (Å²) in [6, 6.07) is 4.69. The highest BCUT2D eigenvalue weighted by molar-refractivity contribution is 14.1. The standard InChI is InChI=1S/C7H6INO2/c8-4-1-2-5(7(9)11)6(10)3-4/h1-3,10H,(H2,9,11). The molecule has 0 spiro atoms. The Morgan fingerprint density at radius 1 is 1.55 bits per heavy atom. The van der Waals surface area contributed by atoms with Crippen LogP contribution in [0.15, 0.2) is 18.2 Å². The molecule has 0 aliphatic heterocycles. The van der Waals surface area contributed by atoms with Crippen LogP contribution in [-0.2, 0) is 0 Å². The molecule has 3 N–H and O–H groups in total. The molecule has 0 heterocycles. The van der Waals surface area contributed by atoms with E-state index in [1.807, 2.05) is 22.6 Å². The molecule has 0 aromatic heterocycles. The van der Waals surface area contributed by atoms with Gasteiger partial charge in [0.2, 0.25) is 0 Å². The van der Waals surface area contributed by atoms with E-state index < -0.39 is 5.91 Å². The molecule has 1 aromatic rings. The lowest BCUT2D eigenvalue weighted by atomic mass is 10.2. The molecule has 1 rings (SSSR count). The molecule has 1 amide bonds. The van der Waals surface area contributed by atoms with E-state index in [2.05, 4.69) is 0 Å². The number of halogens is 1. The van der Waals surface area contributed by atoms with Crippen molar-refractivity contribution in [3.63, 3.8) is 0 Å². The SMILES string of the molecule is NC(=O)c1ccc(I)cc1O. The number of amides is 1. The number of carbonyl (C=O) groups is 1. The zero-order valence-electron chi connectivity index (χ0n) is 5.54. The molecule has 0 aliphatic carbocycles. The molecule has 0 fully saturated rings. The number of primary amides is 1. The molecule has 4 heteroatoms. The van der Waals surface area contributed by atoms with Crippen LogP contribution in [0, 0.1) is 3.57 Å². The van der Waals surface area contributed by atoms with E-state index in [-0.39, 0.29) is 11.3 Å². The van der Waals surface area contributed by atoms with Gasteiger partial charge in [-0.1, -0.05) is 0 Å². The molecule has 11 heavy (non-hydrogen) atoms. The average Bonchev–Trinajstić information content (AvgIpc) is 1.85. The number of phenols is 1. The van der Waals surface area contributed by atoms with Crippen molar-refractivity contribution in [2.75, 3.05) is 0 Å². The van der Waals surface area contributed by atoms with E-state index >= 15 is 0 Å². The highest BCUT2D eigenvalue weighted by Crippen LogP contribution is 2.18. The van der Waals surface area contributed by atoms with E-state index in [0.717, 1.165) is 3.57 Å². The van der Waals surface area contributed by atoms with Gasteiger partial charge in [0.25, 0.3) is 5.91 Å². The van der Waals surface area contributed by atoms with Gasteiger partial charge < -0.3 is 10.8 Å². The average molecular weight is 263 g/mol. The first-order valence-electron chi connectivity index (χ1n) is 2.89. The molecule has 0 atom stereocenters. The van der Waals surface area contributed by atoms with Crippen LogP contribution in [0.1, 0.15) is 10.4 Å². The van der Waals surface area contributed by atoms with Gasteiger partial charge in [-0.15, -0.1) is 0 Å². The molecule has 3 nitrogen and oxygen atoms in total. The van der Waals surface area contributed by atoms with Crippen LogP contribution in [0.25, 0.3) is 0 Å². The van der Waals surface area contributed by atoms with Gasteiger partial charge in [0, 0.05) is 3.57 Å². The fraction of sp³-hybridized carbons (Fsp3) is 0. The normalized spacial score (nSPS) is 9.55. The zero-order valence-corrected chi connectivity index (χ0v) is 7.70. The van der Waals surface area contributed by atoms with Crippen molar-refractivity contribution in [2.45, 2.75) is 0 Å². The monoisotopic (exact) mass is 263 g/mol. The van der Waals surface area contributed by atoms with E-state index in [1.165, 1.54) is 12.1 Å². The van der Waals surface area contributed by atoms with Gasteiger partial charge in [-0.05, 0) is 40.8 Å². The van der Waals surface area contributed by atoms with Gasteiger partial charge in [-0.3, -0.25) is 4.79 Å². The lowest BCUT2D eigenvalue weighted by Gasteiger charge is -1.98. The summed E-state index contributed by atoms with van der Waals surface area (Å²) in [5.74, 6) is -0.677. The summed E-state index contributed by atoms with van der Waals surface area (Å²) in [7, 11) is 0. The zero-order chi connectivity index (χ0) is 8.43. The van der Waals surface area contributed by atoms with Crippen molar-refractivity contribution in [1.29, 1.82) is 0 Å². The van der Waals surface area contributed by atoms with Gasteiger partial charge in [-0.25, -0.2) is 0 Å². The maximum atomic E-state index is 10.6. The largest absolute Gasteiger partial charge is 0.507 e. The summed E-state index contributed by atoms with van der Waals surface area (Å²) >= 11 is 2.03. The number of rotatable bonds is 1. The molecule has 0 unspecified atom stereocenters. The van der Waals surface area contributed by atoms with E-state index in [1.54, 1.807) is 6.07 Å². The highest BCUT2D eigenvalue weighted by atomic mass is 127. The number of carbonyl (C=O) groups excluding carboxylic acids is 1. The predicted molar refractivity (Wildman–Crippen MR) is 49.3 cm³/mol. The van der Waals surface area contributed by atoms with Gasteiger partial charge in [-0.2, -0.15) is 0 Å². The second kappa shape index (κ2) is 3.08. The van der Waals surface area contributed by atoms with Gasteiger partial charge in [0.05, 0.1) is 5.56 Å². The molecule has 0 bridgehead atoms. The Morgan fingerprint density at radius 2 is 2.18 bits per heavy atom. The van der Waals surface area contributed by atoms with Gasteiger partial charge >= 0.3 is 0 Å². The van der Waals surface area contributed by atoms with Crippen LogP contribution in [0.3, 0.4) is 0 Å². The third kappa shape index (κ3) is 1.83. The molecule has 0 saturated heterocycles. The minimum absolute atomic E-state index is 0.0654. The van der Waals surface area contributed by atoms with Crippen molar-refractivity contribution in [3.8, 4) is 5.75 Å². The van der Waals surface area contributed by atoms with Crippen LogP contribution in [0.5, 0.6) is 5.75 Å². The van der Waals surface area contributed by atoms with Crippen molar-refractivity contribution < 1.29 is 9.90 Å². The number of aromatic hydroxyl groups is 1. The maximum Gasteiger partial charge on any atom is 0.252 e. The molecule has 0 saturated carbocycles. The summed E-state index contributed by atoms with van der Waals surface area (Å²) in [6.45, 7) is 0. The Bertz CT molecular complexity index is 298. The Kier molecular flexibility index (Phi) is 2.33. The maximum absolute atomic E-state index is 10.6. The first-order valence-corrected chi connectivity index (χ1v) is 3.97. The summed E-state index contributed by atoms with van der Waals surface area (Å²) in [4.78, 5) is 10.6. The van der Waals surface area contributed by atoms with Crippen molar-refractivity contribution in [2.24, 2.45) is 5.73 Å². The van der Waals surface area contributed by atoms with Crippen LogP contribution < -0.4 is 5.73 Å². The topological polar surface area (TPSA) is 63.3 Å². The lowest BCUT2D eigenvalue weighted by molar-refractivity contribution is 0.0998. The molecule has 0 aliphatic rings. The summed E-state index contributed by atoms with van der Waals surface area (Å²) in [5.41, 5.74) is 5.12. The minimum Gasteiger partial charge on any atom is -0.507 e. The third-order valence-corrected chi connectivity index (χ3v) is 1.90. The Balaban J connectivity index is 3.20. The summed E-state index contributed by atoms with van der Waals surface area (Å²) < 4.78 is 0.866. The second-order valence-electron chi connectivity index (χ2n) is 2.03. The fourth-order valence-corrected chi connectivity index (χ4v) is 1.19. The van der Waals surface area contributed by atoms with Crippen LogP contribution >= 0.6 is 22.6 Å². The summed E-state index contributed by atoms with van der Waals surface area (Å²) in [5, 5.41) is 9.16. The molecular formula is C7H6INO2. The van der Waals surface area contributed by atoms with Crippen molar-refractivity contribution in [3.05, 3.63) is 27.3 Å². The predicted octanol–water partition coefficient (Wildman–Crippen LogP) is 1.10. The number of hydrogen-bond donors (Lipinski definition) is 2. The summed E-state index contributed by atoms with van der Waals surface area (Å²) in [6.07, 6.45) is 0. The molecular weight excluding hydrogens is 257 g/mol. The van der Waals surface area contributed by atoms with E-state index in [9.17, 15) is 4.79 Å². The number of nitrogens with two attached hydrogens (primary N) is 1. The Morgan fingerprint density at radius 3 is 2.64 bits per heavy atom. The van der Waals surface area contributed by atoms with E-state index in [0.29, 0.717) is 0 Å². The highest BCUT2D eigenvalue weighted by Gasteiger charge is 2.05. The first-order chi connectivity index (χ1) is 5.11. The lowest BCUT2D eigenvalue weighted by Crippen LogP contribution is -2.10. The number of hydrogen-bond acceptors (Lipinski definition) is 2. The van der Waals surface area contributed by atoms with Crippen molar-refractivity contribution >= 4 is 28.5 Å². The number of benzene rings is 1. The molecule has 0 radical (unpaired) electrons. The van der Waals surface area contributed by atoms with Crippen LogP contribution in [0.2, 0.25) is 0 Å². The Hall–Kier alpha value is -0.780. The van der Waals surface area contributed by atoms with Crippen LogP contribution in [-0.4, -0.2) is 11.0 Å². The van der Waals surface area contributed by atoms with Crippen molar-refractivity contribution in [1.82, 2.24) is 0 Å². The quantitative estimate of drug-likeness (QED) is 0.745. The second-order valence-corrected chi connectivity index (χ2v) is 3.27. The van der Waals surface area contributed by atoms with E-state index in [4.69, 9.17) is 10.8 Å². The van der Waals surface area contributed by atoms with Gasteiger partial charge in [0.1, 0.15) is 5.75 Å². The molecule has 58 valence electrons.